The van der Waals surface area contributed by atoms with Gasteiger partial charge in [-0.15, -0.1) is 0 Å². The largest absolute Gasteiger partial charge is 0.388 e. The average Bonchev–Trinajstić information content (AvgIpc) is 2.46. The first-order valence-corrected chi connectivity index (χ1v) is 5.68. The first-order valence-electron chi connectivity index (χ1n) is 5.68. The van der Waals surface area contributed by atoms with Crippen LogP contribution in [0.3, 0.4) is 0 Å². The molecule has 3 nitrogen and oxygen atoms in total. The van der Waals surface area contributed by atoms with Gasteiger partial charge >= 0.3 is 0 Å². The Hall–Kier alpha value is -2.67. The Kier molecular flexibility index (Phi) is 3.58. The van der Waals surface area contributed by atoms with E-state index in [9.17, 15) is 9.18 Å². The van der Waals surface area contributed by atoms with Gasteiger partial charge in [0.15, 0.2) is 5.78 Å². The van der Waals surface area contributed by atoms with Gasteiger partial charge < -0.3 is 5.32 Å². The minimum atomic E-state index is -0.572. The Labute approximate surface area is 110 Å². The standard InChI is InChI=1S/C15H11FN2O/c1-18-14-7-6-10(9-17)8-12(14)15(19)11-4-2-3-5-13(11)16/h2-8,18H,1H3. The van der Waals surface area contributed by atoms with Crippen molar-refractivity contribution < 1.29 is 9.18 Å². The minimum absolute atomic E-state index is 0.00547. The summed E-state index contributed by atoms with van der Waals surface area (Å²) < 4.78 is 13.6. The lowest BCUT2D eigenvalue weighted by Crippen LogP contribution is -2.08. The molecule has 0 radical (unpaired) electrons. The van der Waals surface area contributed by atoms with E-state index in [4.69, 9.17) is 5.26 Å². The van der Waals surface area contributed by atoms with Crippen LogP contribution in [-0.4, -0.2) is 12.8 Å². The highest BCUT2D eigenvalue weighted by atomic mass is 19.1. The van der Waals surface area contributed by atoms with Crippen LogP contribution in [0, 0.1) is 17.1 Å². The second-order valence-corrected chi connectivity index (χ2v) is 3.93. The SMILES string of the molecule is CNc1ccc(C#N)cc1C(=O)c1ccccc1F. The normalized spacial score (nSPS) is 9.74. The highest BCUT2D eigenvalue weighted by Gasteiger charge is 2.17. The quantitative estimate of drug-likeness (QED) is 0.857. The predicted octanol–water partition coefficient (Wildman–Crippen LogP) is 2.97. The molecule has 19 heavy (non-hydrogen) atoms. The third-order valence-electron chi connectivity index (χ3n) is 2.78. The van der Waals surface area contributed by atoms with Gasteiger partial charge in [0.05, 0.1) is 17.2 Å². The van der Waals surface area contributed by atoms with Crippen LogP contribution in [0.2, 0.25) is 0 Å². The number of carbonyl (C=O) groups excluding carboxylic acids is 1. The lowest BCUT2D eigenvalue weighted by Gasteiger charge is -2.09. The fourth-order valence-corrected chi connectivity index (χ4v) is 1.81. The zero-order chi connectivity index (χ0) is 13.8. The van der Waals surface area contributed by atoms with E-state index in [0.717, 1.165) is 0 Å². The predicted molar refractivity (Wildman–Crippen MR) is 70.5 cm³/mol. The van der Waals surface area contributed by atoms with Crippen molar-refractivity contribution in [2.45, 2.75) is 0 Å². The molecule has 0 aliphatic carbocycles. The van der Waals surface area contributed by atoms with Crippen LogP contribution in [-0.2, 0) is 0 Å². The number of ketones is 1. The molecule has 1 N–H and O–H groups in total. The lowest BCUT2D eigenvalue weighted by atomic mass is 9.99. The molecule has 2 rings (SSSR count). The third kappa shape index (κ3) is 2.45. The Morgan fingerprint density at radius 1 is 1.21 bits per heavy atom. The van der Waals surface area contributed by atoms with Crippen LogP contribution in [0.4, 0.5) is 10.1 Å². The fourth-order valence-electron chi connectivity index (χ4n) is 1.81. The van der Waals surface area contributed by atoms with Crippen molar-refractivity contribution in [3.63, 3.8) is 0 Å². The smallest absolute Gasteiger partial charge is 0.198 e. The zero-order valence-electron chi connectivity index (χ0n) is 10.3. The van der Waals surface area contributed by atoms with E-state index >= 15 is 0 Å². The van der Waals surface area contributed by atoms with Gasteiger partial charge in [0.2, 0.25) is 0 Å². The number of carbonyl (C=O) groups is 1. The number of hydrogen-bond acceptors (Lipinski definition) is 3. The molecule has 0 unspecified atom stereocenters. The van der Waals surface area contributed by atoms with Crippen molar-refractivity contribution in [2.75, 3.05) is 12.4 Å². The molecule has 0 aliphatic rings. The van der Waals surface area contributed by atoms with Crippen LogP contribution in [0.1, 0.15) is 21.5 Å². The number of anilines is 1. The molecular formula is C15H11FN2O. The van der Waals surface area contributed by atoms with Gasteiger partial charge in [0, 0.05) is 18.3 Å². The van der Waals surface area contributed by atoms with Crippen molar-refractivity contribution in [1.82, 2.24) is 0 Å². The van der Waals surface area contributed by atoms with Crippen molar-refractivity contribution in [3.8, 4) is 6.07 Å². The first-order chi connectivity index (χ1) is 9.17. The van der Waals surface area contributed by atoms with Gasteiger partial charge in [-0.3, -0.25) is 4.79 Å². The Morgan fingerprint density at radius 2 is 1.95 bits per heavy atom. The van der Waals surface area contributed by atoms with Crippen LogP contribution >= 0.6 is 0 Å². The molecule has 2 aromatic carbocycles. The molecule has 0 saturated heterocycles. The molecule has 0 heterocycles. The summed E-state index contributed by atoms with van der Waals surface area (Å²) in [4.78, 5) is 12.3. The van der Waals surface area contributed by atoms with Crippen LogP contribution < -0.4 is 5.32 Å². The molecule has 2 aromatic rings. The van der Waals surface area contributed by atoms with E-state index < -0.39 is 11.6 Å². The number of nitrogens with one attached hydrogen (secondary N) is 1. The number of benzene rings is 2. The maximum Gasteiger partial charge on any atom is 0.198 e. The number of nitriles is 1. The molecule has 0 spiro atoms. The topological polar surface area (TPSA) is 52.9 Å². The van der Waals surface area contributed by atoms with E-state index in [1.807, 2.05) is 6.07 Å². The van der Waals surface area contributed by atoms with E-state index in [2.05, 4.69) is 5.32 Å². The average molecular weight is 254 g/mol. The molecule has 0 bridgehead atoms. The van der Waals surface area contributed by atoms with Gasteiger partial charge in [-0.2, -0.15) is 5.26 Å². The molecule has 0 amide bonds. The summed E-state index contributed by atoms with van der Waals surface area (Å²) in [5.41, 5.74) is 1.20. The summed E-state index contributed by atoms with van der Waals surface area (Å²) >= 11 is 0. The number of halogens is 1. The summed E-state index contributed by atoms with van der Waals surface area (Å²) in [6.07, 6.45) is 0. The van der Waals surface area contributed by atoms with E-state index in [1.165, 1.54) is 24.3 Å². The number of nitrogens with zero attached hydrogens (tertiary/aromatic N) is 1. The molecule has 4 heteroatoms. The van der Waals surface area contributed by atoms with E-state index in [1.54, 1.807) is 25.2 Å². The van der Waals surface area contributed by atoms with Gasteiger partial charge in [-0.1, -0.05) is 12.1 Å². The first kappa shape index (κ1) is 12.8. The van der Waals surface area contributed by atoms with Gasteiger partial charge in [-0.25, -0.2) is 4.39 Å². The lowest BCUT2D eigenvalue weighted by molar-refractivity contribution is 0.103. The second-order valence-electron chi connectivity index (χ2n) is 3.93. The summed E-state index contributed by atoms with van der Waals surface area (Å²) in [6, 6.07) is 12.4. The van der Waals surface area contributed by atoms with Gasteiger partial charge in [-0.05, 0) is 30.3 Å². The van der Waals surface area contributed by atoms with E-state index in [0.29, 0.717) is 11.3 Å². The number of rotatable bonds is 3. The Morgan fingerprint density at radius 3 is 2.58 bits per heavy atom. The maximum absolute atomic E-state index is 13.6. The van der Waals surface area contributed by atoms with Crippen molar-refractivity contribution in [1.29, 1.82) is 5.26 Å². The fraction of sp³-hybridized carbons (Fsp3) is 0.0667. The molecule has 0 atom stereocenters. The summed E-state index contributed by atoms with van der Waals surface area (Å²) in [7, 11) is 1.67. The summed E-state index contributed by atoms with van der Waals surface area (Å²) in [6.45, 7) is 0. The van der Waals surface area contributed by atoms with Crippen molar-refractivity contribution in [3.05, 3.63) is 65.0 Å². The van der Waals surface area contributed by atoms with Crippen LogP contribution in [0.5, 0.6) is 0 Å². The molecular weight excluding hydrogens is 243 g/mol. The molecule has 0 aliphatic heterocycles. The molecule has 0 saturated carbocycles. The Bertz CT molecular complexity index is 674. The second kappa shape index (κ2) is 5.32. The van der Waals surface area contributed by atoms with Crippen LogP contribution in [0.25, 0.3) is 0 Å². The summed E-state index contributed by atoms with van der Waals surface area (Å²) in [5, 5.41) is 11.7. The molecule has 0 fully saturated rings. The van der Waals surface area contributed by atoms with Gasteiger partial charge in [0.1, 0.15) is 5.82 Å². The highest BCUT2D eigenvalue weighted by molar-refractivity contribution is 6.12. The maximum atomic E-state index is 13.6. The Balaban J connectivity index is 2.55. The number of hydrogen-bond donors (Lipinski definition) is 1. The van der Waals surface area contributed by atoms with E-state index in [-0.39, 0.29) is 11.1 Å². The third-order valence-corrected chi connectivity index (χ3v) is 2.78. The molecule has 94 valence electrons. The monoisotopic (exact) mass is 254 g/mol. The molecule has 0 aromatic heterocycles. The van der Waals surface area contributed by atoms with Gasteiger partial charge in [0.25, 0.3) is 0 Å². The minimum Gasteiger partial charge on any atom is -0.388 e. The summed E-state index contributed by atoms with van der Waals surface area (Å²) in [5.74, 6) is -1.02. The van der Waals surface area contributed by atoms with Crippen molar-refractivity contribution >= 4 is 11.5 Å². The van der Waals surface area contributed by atoms with Crippen molar-refractivity contribution in [2.24, 2.45) is 0 Å². The van der Waals surface area contributed by atoms with Crippen LogP contribution in [0.15, 0.2) is 42.5 Å². The zero-order valence-corrected chi connectivity index (χ0v) is 10.3. The highest BCUT2D eigenvalue weighted by Crippen LogP contribution is 2.21.